The summed E-state index contributed by atoms with van der Waals surface area (Å²) in [6.07, 6.45) is -3.46. The second-order valence-electron chi connectivity index (χ2n) is 8.61. The van der Waals surface area contributed by atoms with Crippen molar-refractivity contribution < 1.29 is 23.0 Å². The smallest absolute Gasteiger partial charge is 0.416 e. The van der Waals surface area contributed by atoms with Gasteiger partial charge in [0.2, 0.25) is 0 Å². The van der Waals surface area contributed by atoms with Crippen LogP contribution in [0.1, 0.15) is 22.3 Å². The second kappa shape index (κ2) is 10.9. The van der Waals surface area contributed by atoms with Crippen LogP contribution in [0.25, 0.3) is 10.9 Å². The van der Waals surface area contributed by atoms with Crippen LogP contribution in [0.2, 0.25) is 0 Å². The molecule has 0 aliphatic rings. The Hall–Kier alpha value is -3.42. The van der Waals surface area contributed by atoms with Gasteiger partial charge in [0.15, 0.2) is 0 Å². The highest BCUT2D eigenvalue weighted by atomic mass is 19.4. The summed E-state index contributed by atoms with van der Waals surface area (Å²) in [5.41, 5.74) is 3.60. The molecule has 35 heavy (non-hydrogen) atoms. The summed E-state index contributed by atoms with van der Waals surface area (Å²) in [7, 11) is 0. The highest BCUT2D eigenvalue weighted by Crippen LogP contribution is 2.30. The molecule has 1 unspecified atom stereocenters. The number of hydrogen-bond donors (Lipinski definition) is 1. The van der Waals surface area contributed by atoms with Crippen LogP contribution < -0.4 is 4.74 Å². The fourth-order valence-electron chi connectivity index (χ4n) is 3.98. The molecule has 4 rings (SSSR count). The van der Waals surface area contributed by atoms with Crippen molar-refractivity contribution in [2.75, 3.05) is 13.2 Å². The molecular formula is C28H27F3N2O2. The summed E-state index contributed by atoms with van der Waals surface area (Å²) in [4.78, 5) is 6.51. The molecule has 0 amide bonds. The highest BCUT2D eigenvalue weighted by Gasteiger charge is 2.30. The van der Waals surface area contributed by atoms with E-state index in [1.165, 1.54) is 12.1 Å². The van der Waals surface area contributed by atoms with Crippen molar-refractivity contribution in [3.8, 4) is 5.75 Å². The van der Waals surface area contributed by atoms with Gasteiger partial charge in [0.25, 0.3) is 0 Å². The van der Waals surface area contributed by atoms with E-state index in [9.17, 15) is 18.3 Å². The molecule has 1 atom stereocenters. The number of aromatic nitrogens is 1. The number of halogens is 3. The van der Waals surface area contributed by atoms with Crippen molar-refractivity contribution in [1.29, 1.82) is 0 Å². The third kappa shape index (κ3) is 6.81. The summed E-state index contributed by atoms with van der Waals surface area (Å²) in [5, 5.41) is 11.8. The van der Waals surface area contributed by atoms with Crippen LogP contribution in [-0.4, -0.2) is 34.2 Å². The van der Waals surface area contributed by atoms with Crippen LogP contribution >= 0.6 is 0 Å². The number of alkyl halides is 3. The van der Waals surface area contributed by atoms with Gasteiger partial charge in [0.05, 0.1) is 11.1 Å². The van der Waals surface area contributed by atoms with Gasteiger partial charge in [-0.25, -0.2) is 0 Å². The number of pyridine rings is 1. The number of nitrogens with zero attached hydrogens (tertiary/aromatic N) is 2. The first-order chi connectivity index (χ1) is 16.8. The van der Waals surface area contributed by atoms with E-state index in [2.05, 4.69) is 35.0 Å². The van der Waals surface area contributed by atoms with Crippen molar-refractivity contribution in [3.05, 3.63) is 107 Å². The van der Waals surface area contributed by atoms with Crippen LogP contribution in [-0.2, 0) is 19.3 Å². The molecule has 1 N–H and O–H groups in total. The highest BCUT2D eigenvalue weighted by molar-refractivity contribution is 5.78. The van der Waals surface area contributed by atoms with Crippen LogP contribution in [0.3, 0.4) is 0 Å². The predicted molar refractivity (Wildman–Crippen MR) is 130 cm³/mol. The zero-order chi connectivity index (χ0) is 24.8. The Morgan fingerprint density at radius 1 is 0.943 bits per heavy atom. The Morgan fingerprint density at radius 2 is 1.71 bits per heavy atom. The zero-order valence-corrected chi connectivity index (χ0v) is 19.4. The topological polar surface area (TPSA) is 45.6 Å². The van der Waals surface area contributed by atoms with Crippen molar-refractivity contribution >= 4 is 10.9 Å². The SMILES string of the molecule is Cc1ccccc1CN(Cc1ccc2ncccc2c1)CC(O)COc1ccc(C(F)(F)F)cc1. The molecule has 1 aromatic heterocycles. The van der Waals surface area contributed by atoms with Gasteiger partial charge in [-0.05, 0) is 66.1 Å². The number of aliphatic hydroxyl groups excluding tert-OH is 1. The standard InChI is InChI=1S/C28H27F3N2O2/c1-20-5-2-3-6-23(20)17-33(16-21-8-13-27-22(15-21)7-4-14-32-27)18-25(34)19-35-26-11-9-24(10-12-26)28(29,30)31/h2-15,25,34H,16-19H2,1H3. The molecule has 0 spiro atoms. The molecule has 0 saturated carbocycles. The van der Waals surface area contributed by atoms with Gasteiger partial charge in [-0.15, -0.1) is 0 Å². The number of aliphatic hydroxyl groups is 1. The summed E-state index contributed by atoms with van der Waals surface area (Å²) >= 11 is 0. The molecule has 0 radical (unpaired) electrons. The Kier molecular flexibility index (Phi) is 7.68. The van der Waals surface area contributed by atoms with Crippen LogP contribution in [0.5, 0.6) is 5.75 Å². The molecule has 0 saturated heterocycles. The third-order valence-corrected chi connectivity index (χ3v) is 5.82. The third-order valence-electron chi connectivity index (χ3n) is 5.82. The lowest BCUT2D eigenvalue weighted by Crippen LogP contribution is -2.35. The van der Waals surface area contributed by atoms with Gasteiger partial charge in [-0.3, -0.25) is 9.88 Å². The van der Waals surface area contributed by atoms with Crippen molar-refractivity contribution in [2.24, 2.45) is 0 Å². The maximum absolute atomic E-state index is 12.8. The first-order valence-corrected chi connectivity index (χ1v) is 11.4. The Morgan fingerprint density at radius 3 is 2.46 bits per heavy atom. The minimum absolute atomic E-state index is 0.0305. The normalized spacial score (nSPS) is 12.7. The average Bonchev–Trinajstić information content (AvgIpc) is 2.84. The average molecular weight is 481 g/mol. The lowest BCUT2D eigenvalue weighted by atomic mass is 10.1. The molecule has 0 aliphatic heterocycles. The Balaban J connectivity index is 1.44. The number of hydrogen-bond acceptors (Lipinski definition) is 4. The van der Waals surface area contributed by atoms with Crippen LogP contribution in [0, 0.1) is 6.92 Å². The summed E-state index contributed by atoms with van der Waals surface area (Å²) in [6, 6.07) is 22.6. The maximum Gasteiger partial charge on any atom is 0.416 e. The van der Waals surface area contributed by atoms with Crippen molar-refractivity contribution in [2.45, 2.75) is 32.3 Å². The summed E-state index contributed by atoms with van der Waals surface area (Å²) in [5.74, 6) is 0.282. The van der Waals surface area contributed by atoms with E-state index in [0.29, 0.717) is 19.6 Å². The van der Waals surface area contributed by atoms with Crippen molar-refractivity contribution in [3.63, 3.8) is 0 Å². The second-order valence-corrected chi connectivity index (χ2v) is 8.61. The number of aryl methyl sites for hydroxylation is 1. The van der Waals surface area contributed by atoms with Gasteiger partial charge in [-0.1, -0.05) is 36.4 Å². The van der Waals surface area contributed by atoms with E-state index in [4.69, 9.17) is 4.74 Å². The number of fused-ring (bicyclic) bond motifs is 1. The molecule has 0 bridgehead atoms. The number of benzene rings is 3. The van der Waals surface area contributed by atoms with Gasteiger partial charge in [0, 0.05) is 31.2 Å². The molecule has 182 valence electrons. The fraction of sp³-hybridized carbons (Fsp3) is 0.250. The minimum Gasteiger partial charge on any atom is -0.491 e. The van der Waals surface area contributed by atoms with Gasteiger partial charge in [0.1, 0.15) is 18.5 Å². The van der Waals surface area contributed by atoms with Gasteiger partial charge >= 0.3 is 6.18 Å². The Bertz CT molecular complexity index is 1260. The quantitative estimate of drug-likeness (QED) is 0.319. The molecule has 0 fully saturated rings. The van der Waals surface area contributed by atoms with E-state index in [-0.39, 0.29) is 12.4 Å². The van der Waals surface area contributed by atoms with E-state index < -0.39 is 17.8 Å². The van der Waals surface area contributed by atoms with E-state index in [1.54, 1.807) is 6.20 Å². The zero-order valence-electron chi connectivity index (χ0n) is 19.4. The summed E-state index contributed by atoms with van der Waals surface area (Å²) in [6.45, 7) is 3.60. The first kappa shape index (κ1) is 24.7. The predicted octanol–water partition coefficient (Wildman–Crippen LogP) is 6.00. The van der Waals surface area contributed by atoms with Gasteiger partial charge < -0.3 is 9.84 Å². The first-order valence-electron chi connectivity index (χ1n) is 11.4. The van der Waals surface area contributed by atoms with Crippen LogP contribution in [0.4, 0.5) is 13.2 Å². The van der Waals surface area contributed by atoms with E-state index >= 15 is 0 Å². The Labute approximate surface area is 202 Å². The van der Waals surface area contributed by atoms with E-state index in [0.717, 1.165) is 39.7 Å². The lowest BCUT2D eigenvalue weighted by Gasteiger charge is -2.26. The summed E-state index contributed by atoms with van der Waals surface area (Å²) < 4.78 is 43.8. The van der Waals surface area contributed by atoms with Crippen molar-refractivity contribution in [1.82, 2.24) is 9.88 Å². The molecule has 1 heterocycles. The molecule has 4 nitrogen and oxygen atoms in total. The minimum atomic E-state index is -4.40. The number of rotatable bonds is 9. The number of ether oxygens (including phenoxy) is 1. The van der Waals surface area contributed by atoms with E-state index in [1.807, 2.05) is 36.4 Å². The largest absolute Gasteiger partial charge is 0.491 e. The lowest BCUT2D eigenvalue weighted by molar-refractivity contribution is -0.137. The molecule has 0 aliphatic carbocycles. The maximum atomic E-state index is 12.8. The molecule has 3 aromatic carbocycles. The monoisotopic (exact) mass is 480 g/mol. The fourth-order valence-corrected chi connectivity index (χ4v) is 3.98. The molecule has 4 aromatic rings. The van der Waals surface area contributed by atoms with Crippen LogP contribution in [0.15, 0.2) is 85.1 Å². The molecular weight excluding hydrogens is 453 g/mol. The van der Waals surface area contributed by atoms with Gasteiger partial charge in [-0.2, -0.15) is 13.2 Å². The molecule has 7 heteroatoms.